The summed E-state index contributed by atoms with van der Waals surface area (Å²) in [5.41, 5.74) is -2.04. The van der Waals surface area contributed by atoms with Crippen LogP contribution >= 0.6 is 56.7 Å². The number of aliphatic hydroxyl groups excluding tert-OH is 1. The van der Waals surface area contributed by atoms with E-state index in [0.29, 0.717) is 23.3 Å². The van der Waals surface area contributed by atoms with Gasteiger partial charge in [-0.25, -0.2) is 39.5 Å². The van der Waals surface area contributed by atoms with E-state index in [1.807, 2.05) is 0 Å². The lowest BCUT2D eigenvalue weighted by molar-refractivity contribution is -0.280. The molecule has 12 heterocycles. The van der Waals surface area contributed by atoms with Crippen LogP contribution in [-0.2, 0) is 51.2 Å². The van der Waals surface area contributed by atoms with E-state index in [-0.39, 0.29) is 105 Å². The summed E-state index contributed by atoms with van der Waals surface area (Å²) in [4.78, 5) is 138. The minimum absolute atomic E-state index is 0.000148. The number of aromatic nitrogens is 7. The summed E-state index contributed by atoms with van der Waals surface area (Å²) in [6, 6.07) is 0.871. The van der Waals surface area contributed by atoms with Gasteiger partial charge in [-0.05, 0) is 79.5 Å². The Balaban J connectivity index is 0.945. The number of methoxy groups -OCH3 is 1. The predicted octanol–water partition coefficient (Wildman–Crippen LogP) is 4.53. The van der Waals surface area contributed by atoms with Gasteiger partial charge in [-0.15, -0.1) is 56.7 Å². The van der Waals surface area contributed by atoms with Gasteiger partial charge >= 0.3 is 11.9 Å². The number of cyclic esters (lactones) is 2. The van der Waals surface area contributed by atoms with Gasteiger partial charge in [0.15, 0.2) is 18.1 Å². The number of aliphatic hydroxyl groups is 2. The van der Waals surface area contributed by atoms with Gasteiger partial charge in [-0.3, -0.25) is 24.0 Å². The fourth-order valence-corrected chi connectivity index (χ4v) is 17.3. The number of ether oxygens (including phenoxy) is 6. The molecule has 5 aliphatic rings. The van der Waals surface area contributed by atoms with Gasteiger partial charge in [0.25, 0.3) is 23.6 Å². The zero-order valence-corrected chi connectivity index (χ0v) is 60.9. The molecule has 37 heteroatoms. The van der Waals surface area contributed by atoms with Crippen LogP contribution < -0.4 is 26.6 Å². The number of rotatable bonds is 11. The molecule has 544 valence electrons. The molecule has 10 atom stereocenters. The van der Waals surface area contributed by atoms with Crippen molar-refractivity contribution >= 4 is 115 Å². The minimum Gasteiger partial charge on any atom is -0.506 e. The number of fused-ring (bicyclic) bond motifs is 15. The average Bonchev–Trinajstić information content (AvgIpc) is 1.64. The molecular weight excluding hydrogens is 1440 g/mol. The lowest BCUT2D eigenvalue weighted by atomic mass is 9.85. The van der Waals surface area contributed by atoms with Gasteiger partial charge in [0.2, 0.25) is 5.91 Å². The van der Waals surface area contributed by atoms with Crippen molar-refractivity contribution < 1.29 is 82.5 Å². The van der Waals surface area contributed by atoms with Gasteiger partial charge in [0.05, 0.1) is 43.1 Å². The standard InChI is InChI=1S/C66H73N15O17S5/c1-29(82)45-58(88)76-46(30(2)93-8)61-72-40(28-101-61)57(87)77-49-51-52(98-43-20-66(4,91)53(78(5)6)31(3)97-43)65(90)95-21-32-11-9-12-41-44(32)34(22-94-51)50(81(41)92)64(89)96-23-35(68-55(85)38-27-103-63(49)73-38)60-69-36(24-100-60)47-33(59-70-39(26-99-59)56(86)75-45)19-42(83)48(74-47)62-71-37(25-102-62)54(84)67-13-10-14-80-17-15-79(7)16-18-80/h9,11-12,19,24-29,31,35,43,45,49,51-53,82-83,91-92H,10,13-18,20-23H2,1-8H3,(H,67,84)(H,68,85)(H,75,86)(H,76,88)(H,77,87)/b46-30+/t29-,31+,35+,43+,45+,49+,51+,52+,53-,66+/m1/s1. The Morgan fingerprint density at radius 2 is 1.51 bits per heavy atom. The molecule has 0 saturated carbocycles. The van der Waals surface area contributed by atoms with Crippen LogP contribution in [0.3, 0.4) is 0 Å². The summed E-state index contributed by atoms with van der Waals surface area (Å²) in [7, 11) is 6.96. The maximum Gasteiger partial charge on any atom is 0.358 e. The zero-order chi connectivity index (χ0) is 72.9. The molecule has 0 spiro atoms. The zero-order valence-electron chi connectivity index (χ0n) is 56.8. The summed E-state index contributed by atoms with van der Waals surface area (Å²) in [5, 5.41) is 69.2. The number of hydrogen-bond acceptors (Lipinski definition) is 31. The molecule has 2 saturated heterocycles. The largest absolute Gasteiger partial charge is 0.506 e. The third kappa shape index (κ3) is 15.0. The summed E-state index contributed by atoms with van der Waals surface area (Å²) in [6.07, 6.45) is -6.76. The summed E-state index contributed by atoms with van der Waals surface area (Å²) in [5.74, 6) is -6.58. The van der Waals surface area contributed by atoms with E-state index in [0.717, 1.165) is 89.4 Å². The van der Waals surface area contributed by atoms with Gasteiger partial charge in [-0.2, -0.15) is 4.73 Å². The van der Waals surface area contributed by atoms with Crippen molar-refractivity contribution in [2.45, 2.75) is 114 Å². The number of hydrogen-bond donors (Lipinski definition) is 9. The first-order chi connectivity index (χ1) is 49.3. The van der Waals surface area contributed by atoms with Crippen molar-refractivity contribution in [3.8, 4) is 38.4 Å². The number of aromatic hydroxyl groups is 1. The number of piperazine rings is 1. The van der Waals surface area contributed by atoms with E-state index in [9.17, 15) is 34.9 Å². The smallest absolute Gasteiger partial charge is 0.358 e. The molecule has 5 aliphatic heterocycles. The van der Waals surface area contributed by atoms with E-state index >= 15 is 19.2 Å². The van der Waals surface area contributed by atoms with Crippen LogP contribution in [0.5, 0.6) is 5.75 Å². The van der Waals surface area contributed by atoms with E-state index < -0.39 is 133 Å². The highest BCUT2D eigenvalue weighted by molar-refractivity contribution is 7.14. The molecule has 2 fully saturated rings. The second-order valence-corrected chi connectivity index (χ2v) is 30.1. The molecule has 0 radical (unpaired) electrons. The van der Waals surface area contributed by atoms with Crippen molar-refractivity contribution in [3.63, 3.8) is 0 Å². The fraction of sp³-hybridized carbons (Fsp3) is 0.439. The molecular formula is C66H73N15O17S5. The number of nitrogens with zero attached hydrogens (tertiary/aromatic N) is 10. The number of amides is 5. The molecule has 8 aromatic rings. The van der Waals surface area contributed by atoms with Crippen LogP contribution in [0.15, 0.2) is 56.9 Å². The highest BCUT2D eigenvalue weighted by Gasteiger charge is 2.50. The lowest BCUT2D eigenvalue weighted by Gasteiger charge is -2.48. The van der Waals surface area contributed by atoms with E-state index in [1.165, 1.54) is 54.6 Å². The third-order valence-electron chi connectivity index (χ3n) is 18.3. The van der Waals surface area contributed by atoms with Crippen molar-refractivity contribution in [3.05, 3.63) is 112 Å². The molecule has 0 unspecified atom stereocenters. The number of thiazole rings is 5. The molecule has 1 aromatic carbocycles. The van der Waals surface area contributed by atoms with Crippen molar-refractivity contribution in [2.24, 2.45) is 0 Å². The van der Waals surface area contributed by atoms with Gasteiger partial charge in [0, 0.05) is 82.6 Å². The average molecular weight is 1510 g/mol. The lowest BCUT2D eigenvalue weighted by Crippen LogP contribution is -2.62. The first kappa shape index (κ1) is 72.5. The van der Waals surface area contributed by atoms with Crippen LogP contribution in [0, 0.1) is 0 Å². The highest BCUT2D eigenvalue weighted by Crippen LogP contribution is 2.43. The molecule has 103 heavy (non-hydrogen) atoms. The first-order valence-electron chi connectivity index (χ1n) is 32.7. The predicted molar refractivity (Wildman–Crippen MR) is 375 cm³/mol. The number of esters is 2. The van der Waals surface area contributed by atoms with Crippen LogP contribution in [-0.4, -0.2) is 234 Å². The minimum atomic E-state index is -1.90. The quantitative estimate of drug-likeness (QED) is 0.0372. The van der Waals surface area contributed by atoms with E-state index in [4.69, 9.17) is 43.4 Å². The van der Waals surface area contributed by atoms with Crippen molar-refractivity contribution in [2.75, 3.05) is 74.1 Å². The highest BCUT2D eigenvalue weighted by atomic mass is 32.1. The fourth-order valence-electron chi connectivity index (χ4n) is 13.1. The van der Waals surface area contributed by atoms with E-state index in [2.05, 4.69) is 58.4 Å². The van der Waals surface area contributed by atoms with Crippen LogP contribution in [0.4, 0.5) is 0 Å². The number of benzene rings is 1. The Labute approximate surface area is 608 Å². The van der Waals surface area contributed by atoms with Gasteiger partial charge in [0.1, 0.15) is 120 Å². The Kier molecular flexibility index (Phi) is 21.2. The summed E-state index contributed by atoms with van der Waals surface area (Å²) >= 11 is 4.76. The van der Waals surface area contributed by atoms with Crippen LogP contribution in [0.1, 0.15) is 131 Å². The number of carbonyl (C=O) groups excluding carboxylic acids is 7. The summed E-state index contributed by atoms with van der Waals surface area (Å²) in [6.45, 7) is 9.35. The van der Waals surface area contributed by atoms with Crippen molar-refractivity contribution in [1.29, 1.82) is 0 Å². The van der Waals surface area contributed by atoms with Crippen LogP contribution in [0.2, 0.25) is 0 Å². The van der Waals surface area contributed by atoms with Crippen molar-refractivity contribution in [1.82, 2.24) is 75.9 Å². The Hall–Kier alpha value is -8.83. The third-order valence-corrected chi connectivity index (χ3v) is 22.8. The monoisotopic (exact) mass is 1510 g/mol. The Morgan fingerprint density at radius 3 is 2.25 bits per heavy atom. The number of carbonyl (C=O) groups is 7. The molecule has 0 aliphatic carbocycles. The van der Waals surface area contributed by atoms with Crippen LogP contribution in [0.25, 0.3) is 49.3 Å². The normalized spacial score (nSPS) is 24.8. The molecule has 13 rings (SSSR count). The maximum absolute atomic E-state index is 15.2. The summed E-state index contributed by atoms with van der Waals surface area (Å²) < 4.78 is 38.4. The maximum atomic E-state index is 15.2. The first-order valence-corrected chi connectivity index (χ1v) is 37.1. The number of allylic oxidation sites excluding steroid dienone is 1. The number of pyridine rings is 1. The Bertz CT molecular complexity index is 4630. The number of nitrogens with one attached hydrogen (secondary N) is 5. The molecule has 12 bridgehead atoms. The second-order valence-electron chi connectivity index (χ2n) is 25.8. The topological polar surface area (TPSA) is 408 Å². The van der Waals surface area contributed by atoms with Gasteiger partial charge in [-0.1, -0.05) is 12.1 Å². The number of likely N-dealkylation sites (N-methyl/N-ethyl adjacent to an activating group) is 2. The van der Waals surface area contributed by atoms with Gasteiger partial charge < -0.3 is 90.2 Å². The SMILES string of the molecule is CO/C(C)=C1/NC(=O)[C@H]([C@@H](C)O)NC(=O)c2csc(n2)-c2cc(O)c(-c3nc(C(=O)NCCCN4CCN(C)CC4)cs3)nc2-c2csc(n2)[C@@H]2COC(=O)c3c4c5c(cccc5n3O)COC(=O)[C@@H](O[C@H]3C[C@](C)(O)[C@H](N(C)C)[C@H](C)O3)[C@@H](OC4)[C@H](NC(=O)c3csc1n3)c1nc(cs1)C(=O)N2. The Morgan fingerprint density at radius 1 is 0.835 bits per heavy atom. The second kappa shape index (κ2) is 30.1. The molecule has 5 amide bonds. The molecule has 9 N–H and O–H groups in total. The molecule has 32 nitrogen and oxygen atoms in total. The molecule has 7 aromatic heterocycles. The van der Waals surface area contributed by atoms with E-state index in [1.54, 1.807) is 50.4 Å².